The van der Waals surface area contributed by atoms with Gasteiger partial charge in [0, 0.05) is 4.47 Å². The first-order valence-electron chi connectivity index (χ1n) is 4.05. The second-order valence-corrected chi connectivity index (χ2v) is 4.09. The van der Waals surface area contributed by atoms with Gasteiger partial charge in [0.2, 0.25) is 0 Å². The maximum absolute atomic E-state index is 3.60. The Balaban J connectivity index is 2.60. The van der Waals surface area contributed by atoms with Crippen LogP contribution in [-0.4, -0.2) is 0 Å². The summed E-state index contributed by atoms with van der Waals surface area (Å²) in [5, 5.41) is 0. The topological polar surface area (TPSA) is 0 Å². The van der Waals surface area contributed by atoms with Gasteiger partial charge in [-0.25, -0.2) is 0 Å². The quantitative estimate of drug-likeness (QED) is 0.617. The molecule has 1 aromatic rings. The fourth-order valence-electron chi connectivity index (χ4n) is 1.80. The molecule has 0 nitrogen and oxygen atoms in total. The molecule has 0 aliphatic heterocycles. The Bertz CT molecular complexity index is 289. The molecule has 1 aliphatic carbocycles. The Kier molecular flexibility index (Phi) is 1.76. The number of benzene rings is 1. The van der Waals surface area contributed by atoms with Gasteiger partial charge in [0.15, 0.2) is 0 Å². The van der Waals surface area contributed by atoms with Crippen LogP contribution in [0.1, 0.15) is 23.1 Å². The van der Waals surface area contributed by atoms with Crippen LogP contribution in [0.4, 0.5) is 0 Å². The fraction of sp³-hybridized carbons (Fsp3) is 0.400. The van der Waals surface area contributed by atoms with Crippen LogP contribution in [0.15, 0.2) is 16.6 Å². The second-order valence-electron chi connectivity index (χ2n) is 3.24. The van der Waals surface area contributed by atoms with E-state index in [4.69, 9.17) is 0 Å². The standard InChI is InChI=1S/C10H11Br/c1-7-5-8-3-2-4-9(8)10(11)6-7/h5-6H,2-4H2,1H3. The number of hydrogen-bond acceptors (Lipinski definition) is 0. The zero-order valence-electron chi connectivity index (χ0n) is 6.65. The molecule has 11 heavy (non-hydrogen) atoms. The smallest absolute Gasteiger partial charge is 0.0212 e. The van der Waals surface area contributed by atoms with Crippen molar-refractivity contribution >= 4 is 15.9 Å². The van der Waals surface area contributed by atoms with Gasteiger partial charge in [-0.05, 0) is 48.9 Å². The third-order valence-electron chi connectivity index (χ3n) is 2.31. The summed E-state index contributed by atoms with van der Waals surface area (Å²) in [6, 6.07) is 4.53. The van der Waals surface area contributed by atoms with Gasteiger partial charge in [-0.3, -0.25) is 0 Å². The van der Waals surface area contributed by atoms with Crippen molar-refractivity contribution in [1.82, 2.24) is 0 Å². The Morgan fingerprint density at radius 2 is 2.09 bits per heavy atom. The van der Waals surface area contributed by atoms with Gasteiger partial charge in [-0.1, -0.05) is 22.0 Å². The van der Waals surface area contributed by atoms with E-state index in [-0.39, 0.29) is 0 Å². The Hall–Kier alpha value is -0.300. The van der Waals surface area contributed by atoms with Crippen LogP contribution in [0.5, 0.6) is 0 Å². The van der Waals surface area contributed by atoms with E-state index in [9.17, 15) is 0 Å². The molecular weight excluding hydrogens is 200 g/mol. The van der Waals surface area contributed by atoms with Crippen molar-refractivity contribution in [3.8, 4) is 0 Å². The van der Waals surface area contributed by atoms with Crippen LogP contribution < -0.4 is 0 Å². The van der Waals surface area contributed by atoms with E-state index < -0.39 is 0 Å². The Morgan fingerprint density at radius 1 is 1.27 bits per heavy atom. The molecule has 1 heteroatoms. The van der Waals surface area contributed by atoms with Crippen molar-refractivity contribution in [1.29, 1.82) is 0 Å². The highest BCUT2D eigenvalue weighted by atomic mass is 79.9. The molecule has 0 aromatic heterocycles. The summed E-state index contributed by atoms with van der Waals surface area (Å²) in [7, 11) is 0. The highest BCUT2D eigenvalue weighted by molar-refractivity contribution is 9.10. The van der Waals surface area contributed by atoms with Crippen molar-refractivity contribution < 1.29 is 0 Å². The SMILES string of the molecule is Cc1cc(Br)c2c(c1)CCC2. The van der Waals surface area contributed by atoms with Crippen molar-refractivity contribution in [2.75, 3.05) is 0 Å². The number of fused-ring (bicyclic) bond motifs is 1. The minimum atomic E-state index is 1.26. The second kappa shape index (κ2) is 2.63. The van der Waals surface area contributed by atoms with Gasteiger partial charge in [0.05, 0.1) is 0 Å². The lowest BCUT2D eigenvalue weighted by molar-refractivity contribution is 0.910. The van der Waals surface area contributed by atoms with E-state index in [0.29, 0.717) is 0 Å². The molecule has 2 rings (SSSR count). The molecule has 0 heterocycles. The predicted molar refractivity (Wildman–Crippen MR) is 50.9 cm³/mol. The summed E-state index contributed by atoms with van der Waals surface area (Å²) in [4.78, 5) is 0. The molecule has 0 fully saturated rings. The first-order chi connectivity index (χ1) is 5.27. The van der Waals surface area contributed by atoms with Crippen LogP contribution in [-0.2, 0) is 12.8 Å². The normalized spacial score (nSPS) is 15.1. The van der Waals surface area contributed by atoms with Crippen LogP contribution >= 0.6 is 15.9 Å². The van der Waals surface area contributed by atoms with Gasteiger partial charge in [-0.15, -0.1) is 0 Å². The van der Waals surface area contributed by atoms with E-state index in [2.05, 4.69) is 35.0 Å². The average molecular weight is 211 g/mol. The zero-order valence-corrected chi connectivity index (χ0v) is 8.24. The van der Waals surface area contributed by atoms with Crippen LogP contribution in [0.25, 0.3) is 0 Å². The molecule has 1 aromatic carbocycles. The molecule has 1 aliphatic rings. The lowest BCUT2D eigenvalue weighted by Crippen LogP contribution is -1.85. The number of halogens is 1. The van der Waals surface area contributed by atoms with Crippen molar-refractivity contribution in [3.63, 3.8) is 0 Å². The largest absolute Gasteiger partial charge is 0.0557 e. The molecule has 0 saturated heterocycles. The lowest BCUT2D eigenvalue weighted by atomic mass is 10.1. The van der Waals surface area contributed by atoms with E-state index in [1.165, 1.54) is 34.9 Å². The highest BCUT2D eigenvalue weighted by Crippen LogP contribution is 2.30. The minimum absolute atomic E-state index is 1.26. The minimum Gasteiger partial charge on any atom is -0.0557 e. The van der Waals surface area contributed by atoms with E-state index >= 15 is 0 Å². The molecule has 0 bridgehead atoms. The number of rotatable bonds is 0. The molecule has 0 atom stereocenters. The third kappa shape index (κ3) is 1.22. The predicted octanol–water partition coefficient (Wildman–Crippen LogP) is 3.25. The Morgan fingerprint density at radius 3 is 2.91 bits per heavy atom. The molecule has 0 radical (unpaired) electrons. The molecule has 0 saturated carbocycles. The first kappa shape index (κ1) is 7.35. The van der Waals surface area contributed by atoms with E-state index in [1.54, 1.807) is 5.56 Å². The van der Waals surface area contributed by atoms with Gasteiger partial charge in [-0.2, -0.15) is 0 Å². The molecule has 0 spiro atoms. The van der Waals surface area contributed by atoms with Crippen molar-refractivity contribution in [2.24, 2.45) is 0 Å². The zero-order chi connectivity index (χ0) is 7.84. The van der Waals surface area contributed by atoms with Crippen LogP contribution in [0.3, 0.4) is 0 Å². The van der Waals surface area contributed by atoms with Gasteiger partial charge >= 0.3 is 0 Å². The fourth-order valence-corrected chi connectivity index (χ4v) is 2.62. The van der Waals surface area contributed by atoms with Crippen LogP contribution in [0, 0.1) is 6.92 Å². The van der Waals surface area contributed by atoms with Gasteiger partial charge in [0.25, 0.3) is 0 Å². The summed E-state index contributed by atoms with van der Waals surface area (Å²) in [6.07, 6.45) is 3.86. The highest BCUT2D eigenvalue weighted by Gasteiger charge is 2.13. The lowest BCUT2D eigenvalue weighted by Gasteiger charge is -2.03. The number of hydrogen-bond donors (Lipinski definition) is 0. The summed E-state index contributed by atoms with van der Waals surface area (Å²) < 4.78 is 1.31. The summed E-state index contributed by atoms with van der Waals surface area (Å²) >= 11 is 3.60. The Labute approximate surface area is 75.8 Å². The molecule has 0 N–H and O–H groups in total. The van der Waals surface area contributed by atoms with E-state index in [1.807, 2.05) is 0 Å². The summed E-state index contributed by atoms with van der Waals surface area (Å²) in [5.41, 5.74) is 4.46. The number of aryl methyl sites for hydroxylation is 2. The van der Waals surface area contributed by atoms with Gasteiger partial charge in [0.1, 0.15) is 0 Å². The maximum Gasteiger partial charge on any atom is 0.0212 e. The molecule has 0 amide bonds. The first-order valence-corrected chi connectivity index (χ1v) is 4.84. The molecule has 58 valence electrons. The van der Waals surface area contributed by atoms with Crippen molar-refractivity contribution in [3.05, 3.63) is 33.3 Å². The van der Waals surface area contributed by atoms with Gasteiger partial charge < -0.3 is 0 Å². The monoisotopic (exact) mass is 210 g/mol. The van der Waals surface area contributed by atoms with E-state index in [0.717, 1.165) is 0 Å². The summed E-state index contributed by atoms with van der Waals surface area (Å²) in [5.74, 6) is 0. The van der Waals surface area contributed by atoms with Crippen LogP contribution in [0.2, 0.25) is 0 Å². The molecule has 0 unspecified atom stereocenters. The third-order valence-corrected chi connectivity index (χ3v) is 3.01. The van der Waals surface area contributed by atoms with Crippen molar-refractivity contribution in [2.45, 2.75) is 26.2 Å². The maximum atomic E-state index is 3.60. The average Bonchev–Trinajstić information content (AvgIpc) is 2.34. The molecular formula is C10H11Br. The summed E-state index contributed by atoms with van der Waals surface area (Å²) in [6.45, 7) is 2.16.